The monoisotopic (exact) mass is 226 g/mol. The van der Waals surface area contributed by atoms with Crippen LogP contribution in [0.25, 0.3) is 0 Å². The van der Waals surface area contributed by atoms with E-state index in [4.69, 9.17) is 0 Å². The number of nitrogens with one attached hydrogen (secondary N) is 2. The van der Waals surface area contributed by atoms with E-state index in [1.807, 2.05) is 0 Å². The van der Waals surface area contributed by atoms with Crippen LogP contribution in [0, 0.1) is 0 Å². The zero-order valence-electron chi connectivity index (χ0n) is 10.6. The van der Waals surface area contributed by atoms with Gasteiger partial charge < -0.3 is 10.6 Å². The summed E-state index contributed by atoms with van der Waals surface area (Å²) in [6.07, 6.45) is 9.56. The number of hydrogen-bond donors (Lipinski definition) is 2. The first-order valence-corrected chi connectivity index (χ1v) is 6.83. The summed E-state index contributed by atoms with van der Waals surface area (Å²) in [4.78, 5) is 11.6. The molecule has 0 aromatic rings. The normalized spacial score (nSPS) is 18.8. The highest BCUT2D eigenvalue weighted by atomic mass is 16.1. The standard InChI is InChI=1S/C13H26N2O/c1-2-14-11-10-13(16)15-12-8-6-4-3-5-7-9-12/h12,14H,2-11H2,1H3,(H,15,16). The number of hydrogen-bond acceptors (Lipinski definition) is 2. The van der Waals surface area contributed by atoms with Crippen molar-refractivity contribution in [2.24, 2.45) is 0 Å². The molecule has 0 aromatic heterocycles. The molecule has 0 atom stereocenters. The predicted octanol–water partition coefficient (Wildman–Crippen LogP) is 2.22. The van der Waals surface area contributed by atoms with Crippen LogP contribution in [-0.2, 0) is 4.79 Å². The second-order valence-electron chi connectivity index (χ2n) is 4.71. The molecule has 0 saturated heterocycles. The SMILES string of the molecule is CCNCCC(=O)NC1CCCCCCC1. The number of rotatable bonds is 5. The van der Waals surface area contributed by atoms with Crippen LogP contribution in [0.5, 0.6) is 0 Å². The molecule has 0 bridgehead atoms. The molecule has 1 aliphatic carbocycles. The van der Waals surface area contributed by atoms with Gasteiger partial charge in [0.1, 0.15) is 0 Å². The minimum absolute atomic E-state index is 0.214. The van der Waals surface area contributed by atoms with Gasteiger partial charge in [0, 0.05) is 19.0 Å². The minimum atomic E-state index is 0.214. The van der Waals surface area contributed by atoms with Crippen LogP contribution in [0.4, 0.5) is 0 Å². The lowest BCUT2D eigenvalue weighted by Gasteiger charge is -2.21. The summed E-state index contributed by atoms with van der Waals surface area (Å²) in [6.45, 7) is 3.80. The van der Waals surface area contributed by atoms with Crippen LogP contribution < -0.4 is 10.6 Å². The van der Waals surface area contributed by atoms with Gasteiger partial charge in [-0.2, -0.15) is 0 Å². The van der Waals surface area contributed by atoms with Crippen molar-refractivity contribution in [1.82, 2.24) is 10.6 Å². The van der Waals surface area contributed by atoms with E-state index in [0.717, 1.165) is 13.1 Å². The maximum absolute atomic E-state index is 11.6. The molecule has 94 valence electrons. The molecule has 1 amide bonds. The lowest BCUT2D eigenvalue weighted by atomic mass is 9.96. The van der Waals surface area contributed by atoms with Gasteiger partial charge in [0.2, 0.25) is 5.91 Å². The van der Waals surface area contributed by atoms with Crippen molar-refractivity contribution in [3.05, 3.63) is 0 Å². The highest BCUT2D eigenvalue weighted by Gasteiger charge is 2.13. The van der Waals surface area contributed by atoms with Crippen molar-refractivity contribution in [2.75, 3.05) is 13.1 Å². The van der Waals surface area contributed by atoms with Crippen molar-refractivity contribution < 1.29 is 4.79 Å². The van der Waals surface area contributed by atoms with E-state index >= 15 is 0 Å². The van der Waals surface area contributed by atoms with Gasteiger partial charge >= 0.3 is 0 Å². The van der Waals surface area contributed by atoms with Gasteiger partial charge in [-0.05, 0) is 19.4 Å². The van der Waals surface area contributed by atoms with Gasteiger partial charge in [-0.3, -0.25) is 4.79 Å². The molecular weight excluding hydrogens is 200 g/mol. The molecule has 0 heterocycles. The first kappa shape index (κ1) is 13.5. The summed E-state index contributed by atoms with van der Waals surface area (Å²) >= 11 is 0. The molecule has 0 aromatic carbocycles. The Kier molecular flexibility index (Phi) is 7.23. The lowest BCUT2D eigenvalue weighted by molar-refractivity contribution is -0.121. The molecule has 0 aliphatic heterocycles. The summed E-state index contributed by atoms with van der Waals surface area (Å²) in [5, 5.41) is 6.34. The maximum Gasteiger partial charge on any atom is 0.221 e. The van der Waals surface area contributed by atoms with Gasteiger partial charge in [0.05, 0.1) is 0 Å². The predicted molar refractivity (Wildman–Crippen MR) is 67.4 cm³/mol. The second-order valence-corrected chi connectivity index (χ2v) is 4.71. The van der Waals surface area contributed by atoms with E-state index in [9.17, 15) is 4.79 Å². The Labute approximate surface area is 99.4 Å². The van der Waals surface area contributed by atoms with Crippen molar-refractivity contribution in [1.29, 1.82) is 0 Å². The quantitative estimate of drug-likeness (QED) is 0.706. The third-order valence-electron chi connectivity index (χ3n) is 3.25. The van der Waals surface area contributed by atoms with Crippen molar-refractivity contribution in [2.45, 2.75) is 64.3 Å². The lowest BCUT2D eigenvalue weighted by Crippen LogP contribution is -2.36. The Hall–Kier alpha value is -0.570. The van der Waals surface area contributed by atoms with Crippen LogP contribution in [0.15, 0.2) is 0 Å². The molecule has 3 heteroatoms. The zero-order valence-corrected chi connectivity index (χ0v) is 10.6. The molecule has 16 heavy (non-hydrogen) atoms. The number of carbonyl (C=O) groups is 1. The van der Waals surface area contributed by atoms with E-state index in [2.05, 4.69) is 17.6 Å². The molecule has 0 radical (unpaired) electrons. The fraction of sp³-hybridized carbons (Fsp3) is 0.923. The molecule has 1 aliphatic rings. The zero-order chi connectivity index (χ0) is 11.6. The maximum atomic E-state index is 11.6. The first-order valence-electron chi connectivity index (χ1n) is 6.83. The molecule has 0 spiro atoms. The van der Waals surface area contributed by atoms with E-state index in [-0.39, 0.29) is 5.91 Å². The molecule has 1 rings (SSSR count). The van der Waals surface area contributed by atoms with Crippen molar-refractivity contribution in [3.8, 4) is 0 Å². The van der Waals surface area contributed by atoms with Gasteiger partial charge in [0.25, 0.3) is 0 Å². The summed E-state index contributed by atoms with van der Waals surface area (Å²) in [5.41, 5.74) is 0. The third-order valence-corrected chi connectivity index (χ3v) is 3.25. The Balaban J connectivity index is 2.14. The van der Waals surface area contributed by atoms with Gasteiger partial charge in [-0.15, -0.1) is 0 Å². The highest BCUT2D eigenvalue weighted by molar-refractivity contribution is 5.76. The second kappa shape index (κ2) is 8.57. The van der Waals surface area contributed by atoms with Crippen LogP contribution in [0.2, 0.25) is 0 Å². The first-order chi connectivity index (χ1) is 7.83. The Morgan fingerprint density at radius 1 is 1.12 bits per heavy atom. The number of amides is 1. The summed E-state index contributed by atoms with van der Waals surface area (Å²) in [5.74, 6) is 0.214. The molecule has 1 saturated carbocycles. The van der Waals surface area contributed by atoms with Crippen molar-refractivity contribution >= 4 is 5.91 Å². The molecule has 0 unspecified atom stereocenters. The van der Waals surface area contributed by atoms with Crippen molar-refractivity contribution in [3.63, 3.8) is 0 Å². The smallest absolute Gasteiger partial charge is 0.221 e. The van der Waals surface area contributed by atoms with Crippen LogP contribution in [0.1, 0.15) is 58.3 Å². The van der Waals surface area contributed by atoms with E-state index in [1.54, 1.807) is 0 Å². The van der Waals surface area contributed by atoms with Gasteiger partial charge in [0.15, 0.2) is 0 Å². The Morgan fingerprint density at radius 3 is 2.38 bits per heavy atom. The fourth-order valence-electron chi connectivity index (χ4n) is 2.28. The average molecular weight is 226 g/mol. The summed E-state index contributed by atoms with van der Waals surface area (Å²) < 4.78 is 0. The Bertz CT molecular complexity index is 186. The summed E-state index contributed by atoms with van der Waals surface area (Å²) in [6, 6.07) is 0.439. The van der Waals surface area contributed by atoms with Crippen LogP contribution in [0.3, 0.4) is 0 Å². The third kappa shape index (κ3) is 6.11. The number of carbonyl (C=O) groups excluding carboxylic acids is 1. The Morgan fingerprint density at radius 2 is 1.75 bits per heavy atom. The van der Waals surface area contributed by atoms with Crippen LogP contribution in [-0.4, -0.2) is 25.0 Å². The molecular formula is C13H26N2O. The summed E-state index contributed by atoms with van der Waals surface area (Å²) in [7, 11) is 0. The average Bonchev–Trinajstić information content (AvgIpc) is 2.22. The molecule has 3 nitrogen and oxygen atoms in total. The minimum Gasteiger partial charge on any atom is -0.353 e. The molecule has 1 fully saturated rings. The fourth-order valence-corrected chi connectivity index (χ4v) is 2.28. The van der Waals surface area contributed by atoms with Gasteiger partial charge in [-0.1, -0.05) is 39.0 Å². The largest absolute Gasteiger partial charge is 0.353 e. The van der Waals surface area contributed by atoms with E-state index < -0.39 is 0 Å². The topological polar surface area (TPSA) is 41.1 Å². The van der Waals surface area contributed by atoms with E-state index in [1.165, 1.54) is 44.9 Å². The van der Waals surface area contributed by atoms with Crippen LogP contribution >= 0.6 is 0 Å². The van der Waals surface area contributed by atoms with Gasteiger partial charge in [-0.25, -0.2) is 0 Å². The molecule has 2 N–H and O–H groups in total. The highest BCUT2D eigenvalue weighted by Crippen LogP contribution is 2.16. The van der Waals surface area contributed by atoms with E-state index in [0.29, 0.717) is 12.5 Å².